The van der Waals surface area contributed by atoms with Crippen LogP contribution in [-0.4, -0.2) is 43.7 Å². The van der Waals surface area contributed by atoms with E-state index in [1.54, 1.807) is 19.2 Å². The maximum absolute atomic E-state index is 12.3. The zero-order chi connectivity index (χ0) is 18.4. The number of carbonyl (C=O) groups excluding carboxylic acids is 2. The highest BCUT2D eigenvalue weighted by atomic mass is 16.5. The fourth-order valence-corrected chi connectivity index (χ4v) is 2.86. The predicted octanol–water partition coefficient (Wildman–Crippen LogP) is 3.53. The second-order valence-electron chi connectivity index (χ2n) is 7.41. The molecule has 0 atom stereocenters. The first kappa shape index (κ1) is 19.1. The van der Waals surface area contributed by atoms with Gasteiger partial charge in [0.25, 0.3) is 0 Å². The lowest BCUT2D eigenvalue weighted by atomic mass is 9.91. The molecule has 6 heteroatoms. The molecule has 1 aromatic carbocycles. The average Bonchev–Trinajstić information content (AvgIpc) is 2.59. The van der Waals surface area contributed by atoms with Crippen LogP contribution >= 0.6 is 0 Å². The van der Waals surface area contributed by atoms with Gasteiger partial charge in [0.05, 0.1) is 19.4 Å². The van der Waals surface area contributed by atoms with Crippen LogP contribution in [0.3, 0.4) is 0 Å². The minimum absolute atomic E-state index is 0.181. The van der Waals surface area contributed by atoms with Crippen LogP contribution in [0.2, 0.25) is 0 Å². The van der Waals surface area contributed by atoms with Gasteiger partial charge >= 0.3 is 6.09 Å². The van der Waals surface area contributed by atoms with Crippen LogP contribution in [0.4, 0.5) is 10.5 Å². The molecule has 0 radical (unpaired) electrons. The quantitative estimate of drug-likeness (QED) is 0.904. The molecule has 138 valence electrons. The monoisotopic (exact) mass is 348 g/mol. The van der Waals surface area contributed by atoms with Crippen molar-refractivity contribution in [2.24, 2.45) is 11.3 Å². The summed E-state index contributed by atoms with van der Waals surface area (Å²) in [5.41, 5.74) is 0.235. The number of amides is 2. The van der Waals surface area contributed by atoms with E-state index in [0.717, 1.165) is 25.9 Å². The molecule has 0 saturated carbocycles. The highest BCUT2D eigenvalue weighted by Gasteiger charge is 2.30. The SMILES string of the molecule is COc1ccccc1NC(=O)OCC1CCN(C(=O)C(C)(C)C)CC1. The number of anilines is 1. The van der Waals surface area contributed by atoms with E-state index in [-0.39, 0.29) is 17.2 Å². The summed E-state index contributed by atoms with van der Waals surface area (Å²) in [7, 11) is 1.55. The molecule has 1 aliphatic rings. The van der Waals surface area contributed by atoms with Crippen LogP contribution in [0.1, 0.15) is 33.6 Å². The van der Waals surface area contributed by atoms with Gasteiger partial charge in [0.15, 0.2) is 0 Å². The van der Waals surface area contributed by atoms with Crippen molar-refractivity contribution >= 4 is 17.7 Å². The number of benzene rings is 1. The van der Waals surface area contributed by atoms with Crippen LogP contribution < -0.4 is 10.1 Å². The second kappa shape index (κ2) is 8.23. The fraction of sp³-hybridized carbons (Fsp3) is 0.579. The van der Waals surface area contributed by atoms with Crippen molar-refractivity contribution in [3.05, 3.63) is 24.3 Å². The lowest BCUT2D eigenvalue weighted by molar-refractivity contribution is -0.141. The molecule has 0 bridgehead atoms. The summed E-state index contributed by atoms with van der Waals surface area (Å²) in [6, 6.07) is 7.19. The third-order valence-corrected chi connectivity index (χ3v) is 4.34. The maximum atomic E-state index is 12.3. The number of rotatable bonds is 4. The Labute approximate surface area is 149 Å². The number of piperidine rings is 1. The summed E-state index contributed by atoms with van der Waals surface area (Å²) in [5.74, 6) is 1.06. The van der Waals surface area contributed by atoms with Gasteiger partial charge in [-0.1, -0.05) is 32.9 Å². The highest BCUT2D eigenvalue weighted by molar-refractivity contribution is 5.86. The highest BCUT2D eigenvalue weighted by Crippen LogP contribution is 2.25. The molecule has 0 unspecified atom stereocenters. The third-order valence-electron chi connectivity index (χ3n) is 4.34. The molecule has 1 heterocycles. The Bertz CT molecular complexity index is 602. The summed E-state index contributed by atoms with van der Waals surface area (Å²) in [6.45, 7) is 7.61. The van der Waals surface area contributed by atoms with Crippen molar-refractivity contribution < 1.29 is 19.1 Å². The molecule has 0 aliphatic carbocycles. The van der Waals surface area contributed by atoms with E-state index in [9.17, 15) is 9.59 Å². The normalized spacial score (nSPS) is 15.6. The molecule has 1 saturated heterocycles. The van der Waals surface area contributed by atoms with E-state index in [1.807, 2.05) is 37.8 Å². The molecular weight excluding hydrogens is 320 g/mol. The van der Waals surface area contributed by atoms with E-state index >= 15 is 0 Å². The molecular formula is C19H28N2O4. The van der Waals surface area contributed by atoms with Crippen molar-refractivity contribution in [1.29, 1.82) is 0 Å². The van der Waals surface area contributed by atoms with Gasteiger partial charge in [-0.25, -0.2) is 4.79 Å². The number of para-hydroxylation sites is 2. The van der Waals surface area contributed by atoms with E-state index in [2.05, 4.69) is 5.32 Å². The number of hydrogen-bond donors (Lipinski definition) is 1. The Morgan fingerprint density at radius 1 is 1.20 bits per heavy atom. The molecule has 1 N–H and O–H groups in total. The first-order valence-electron chi connectivity index (χ1n) is 8.67. The van der Waals surface area contributed by atoms with Crippen LogP contribution in [0, 0.1) is 11.3 Å². The van der Waals surface area contributed by atoms with E-state index in [1.165, 1.54) is 0 Å². The van der Waals surface area contributed by atoms with Gasteiger partial charge < -0.3 is 14.4 Å². The number of carbonyl (C=O) groups is 2. The predicted molar refractivity (Wildman–Crippen MR) is 96.7 cm³/mol. The van der Waals surface area contributed by atoms with Gasteiger partial charge in [0.1, 0.15) is 5.75 Å². The molecule has 6 nitrogen and oxygen atoms in total. The zero-order valence-electron chi connectivity index (χ0n) is 15.5. The first-order chi connectivity index (χ1) is 11.8. The van der Waals surface area contributed by atoms with Gasteiger partial charge in [-0.15, -0.1) is 0 Å². The van der Waals surface area contributed by atoms with Crippen LogP contribution in [0.15, 0.2) is 24.3 Å². The average molecular weight is 348 g/mol. The lowest BCUT2D eigenvalue weighted by Crippen LogP contribution is -2.44. The number of methoxy groups -OCH3 is 1. The Kier molecular flexibility index (Phi) is 6.28. The molecule has 0 spiro atoms. The number of likely N-dealkylation sites (tertiary alicyclic amines) is 1. The van der Waals surface area contributed by atoms with Gasteiger partial charge in [-0.05, 0) is 30.9 Å². The minimum Gasteiger partial charge on any atom is -0.495 e. The molecule has 2 amide bonds. The van der Waals surface area contributed by atoms with Crippen molar-refractivity contribution in [3.8, 4) is 5.75 Å². The first-order valence-corrected chi connectivity index (χ1v) is 8.67. The Balaban J connectivity index is 1.76. The summed E-state index contributed by atoms with van der Waals surface area (Å²) in [5, 5.41) is 2.70. The maximum Gasteiger partial charge on any atom is 0.411 e. The summed E-state index contributed by atoms with van der Waals surface area (Å²) in [4.78, 5) is 26.2. The number of nitrogens with one attached hydrogen (secondary N) is 1. The molecule has 1 aliphatic heterocycles. The molecule has 0 aromatic heterocycles. The van der Waals surface area contributed by atoms with E-state index in [4.69, 9.17) is 9.47 Å². The van der Waals surface area contributed by atoms with Crippen molar-refractivity contribution in [2.75, 3.05) is 32.1 Å². The standard InChI is InChI=1S/C19H28N2O4/c1-19(2,3)17(22)21-11-9-14(10-12-21)13-25-18(23)20-15-7-5-6-8-16(15)24-4/h5-8,14H,9-13H2,1-4H3,(H,20,23). The van der Waals surface area contributed by atoms with Gasteiger partial charge in [-0.2, -0.15) is 0 Å². The van der Waals surface area contributed by atoms with E-state index in [0.29, 0.717) is 18.0 Å². The zero-order valence-corrected chi connectivity index (χ0v) is 15.5. The topological polar surface area (TPSA) is 67.9 Å². The Hall–Kier alpha value is -2.24. The summed E-state index contributed by atoms with van der Waals surface area (Å²) < 4.78 is 10.5. The van der Waals surface area contributed by atoms with Crippen LogP contribution in [0.5, 0.6) is 5.75 Å². The van der Waals surface area contributed by atoms with Crippen molar-refractivity contribution in [1.82, 2.24) is 4.90 Å². The Morgan fingerprint density at radius 3 is 2.44 bits per heavy atom. The summed E-state index contributed by atoms with van der Waals surface area (Å²) in [6.07, 6.45) is 1.21. The minimum atomic E-state index is -0.488. The molecule has 2 rings (SSSR count). The van der Waals surface area contributed by atoms with Crippen molar-refractivity contribution in [3.63, 3.8) is 0 Å². The molecule has 25 heavy (non-hydrogen) atoms. The van der Waals surface area contributed by atoms with Crippen LogP contribution in [0.25, 0.3) is 0 Å². The van der Waals surface area contributed by atoms with Gasteiger partial charge in [0, 0.05) is 18.5 Å². The largest absolute Gasteiger partial charge is 0.495 e. The number of hydrogen-bond acceptors (Lipinski definition) is 4. The van der Waals surface area contributed by atoms with Gasteiger partial charge in [0.2, 0.25) is 5.91 Å². The number of ether oxygens (including phenoxy) is 2. The number of nitrogens with zero attached hydrogens (tertiary/aromatic N) is 1. The van der Waals surface area contributed by atoms with Crippen molar-refractivity contribution in [2.45, 2.75) is 33.6 Å². The van der Waals surface area contributed by atoms with E-state index < -0.39 is 6.09 Å². The smallest absolute Gasteiger partial charge is 0.411 e. The fourth-order valence-electron chi connectivity index (χ4n) is 2.86. The Morgan fingerprint density at radius 2 is 1.84 bits per heavy atom. The second-order valence-corrected chi connectivity index (χ2v) is 7.41. The summed E-state index contributed by atoms with van der Waals surface area (Å²) >= 11 is 0. The molecule has 1 aromatic rings. The van der Waals surface area contributed by atoms with Gasteiger partial charge in [-0.3, -0.25) is 10.1 Å². The molecule has 1 fully saturated rings. The third kappa shape index (κ3) is 5.37. The van der Waals surface area contributed by atoms with Crippen LogP contribution in [-0.2, 0) is 9.53 Å². The lowest BCUT2D eigenvalue weighted by Gasteiger charge is -2.35.